The number of nitrogens with one attached hydrogen (secondary N) is 1. The van der Waals surface area contributed by atoms with E-state index in [0.29, 0.717) is 5.56 Å². The Balaban J connectivity index is 1.69. The monoisotopic (exact) mass is 431 g/mol. The second-order valence-corrected chi connectivity index (χ2v) is 9.39. The van der Waals surface area contributed by atoms with Gasteiger partial charge in [0, 0.05) is 12.8 Å². The minimum atomic E-state index is -4.44. The molecule has 29 heavy (non-hydrogen) atoms. The van der Waals surface area contributed by atoms with Crippen molar-refractivity contribution in [3.05, 3.63) is 35.4 Å². The summed E-state index contributed by atoms with van der Waals surface area (Å²) in [6.07, 6.45) is -4.02. The summed E-state index contributed by atoms with van der Waals surface area (Å²) in [6, 6.07) is 3.30. The number of sulfone groups is 1. The number of nitrogens with zero attached hydrogens (tertiary/aromatic N) is 2. The smallest absolute Gasteiger partial charge is 0.344 e. The SMILES string of the molecule is CC(NC(=O)C1=NN(C2CCS(=O)(=O)C2)C(=O)CC1)c1ccc(C(F)(F)F)cc1. The molecule has 7 nitrogen and oxygen atoms in total. The fourth-order valence-corrected chi connectivity index (χ4v) is 5.00. The molecule has 1 fully saturated rings. The molecule has 2 amide bonds. The van der Waals surface area contributed by atoms with Crippen LogP contribution in [-0.2, 0) is 25.6 Å². The van der Waals surface area contributed by atoms with Gasteiger partial charge in [0.2, 0.25) is 5.91 Å². The molecule has 2 atom stereocenters. The minimum Gasteiger partial charge on any atom is -0.344 e. The quantitative estimate of drug-likeness (QED) is 0.789. The van der Waals surface area contributed by atoms with Crippen LogP contribution in [0.3, 0.4) is 0 Å². The highest BCUT2D eigenvalue weighted by Crippen LogP contribution is 2.30. The first-order valence-corrected chi connectivity index (χ1v) is 10.9. The number of benzene rings is 1. The Bertz CT molecular complexity index is 942. The first-order valence-electron chi connectivity index (χ1n) is 9.04. The van der Waals surface area contributed by atoms with Crippen molar-refractivity contribution in [3.63, 3.8) is 0 Å². The number of carbonyl (C=O) groups excluding carboxylic acids is 2. The molecule has 0 saturated carbocycles. The van der Waals surface area contributed by atoms with E-state index in [2.05, 4.69) is 10.4 Å². The number of hydrogen-bond acceptors (Lipinski definition) is 5. The molecule has 0 aliphatic carbocycles. The number of amides is 2. The molecule has 158 valence electrons. The average molecular weight is 431 g/mol. The molecule has 2 unspecified atom stereocenters. The normalized spacial score (nSPS) is 22.9. The number of hydrazone groups is 1. The van der Waals surface area contributed by atoms with E-state index in [-0.39, 0.29) is 42.4 Å². The van der Waals surface area contributed by atoms with Crippen LogP contribution in [0.25, 0.3) is 0 Å². The lowest BCUT2D eigenvalue weighted by atomic mass is 10.0. The molecule has 2 heterocycles. The van der Waals surface area contributed by atoms with E-state index in [4.69, 9.17) is 0 Å². The summed E-state index contributed by atoms with van der Waals surface area (Å²) in [6.45, 7) is 1.62. The van der Waals surface area contributed by atoms with Crippen molar-refractivity contribution in [3.8, 4) is 0 Å². The lowest BCUT2D eigenvalue weighted by Gasteiger charge is -2.28. The number of halogens is 3. The van der Waals surface area contributed by atoms with E-state index in [0.717, 1.165) is 17.1 Å². The van der Waals surface area contributed by atoms with Crippen LogP contribution in [0, 0.1) is 0 Å². The topological polar surface area (TPSA) is 95.9 Å². The van der Waals surface area contributed by atoms with Crippen LogP contribution in [0.15, 0.2) is 29.4 Å². The number of rotatable bonds is 4. The fourth-order valence-electron chi connectivity index (χ4n) is 3.31. The largest absolute Gasteiger partial charge is 0.416 e. The Labute approximate surface area is 165 Å². The van der Waals surface area contributed by atoms with Crippen molar-refractivity contribution in [1.29, 1.82) is 0 Å². The molecule has 2 aliphatic rings. The Morgan fingerprint density at radius 3 is 2.45 bits per heavy atom. The predicted octanol–water partition coefficient (Wildman–Crippen LogP) is 2.05. The van der Waals surface area contributed by atoms with Crippen molar-refractivity contribution in [2.24, 2.45) is 5.10 Å². The zero-order chi connectivity index (χ0) is 21.4. The van der Waals surface area contributed by atoms with Crippen LogP contribution in [0.1, 0.15) is 43.4 Å². The van der Waals surface area contributed by atoms with Gasteiger partial charge in [-0.3, -0.25) is 9.59 Å². The highest BCUT2D eigenvalue weighted by atomic mass is 32.2. The van der Waals surface area contributed by atoms with E-state index in [1.807, 2.05) is 0 Å². The molecule has 1 N–H and O–H groups in total. The Morgan fingerprint density at radius 2 is 1.90 bits per heavy atom. The molecule has 1 aromatic carbocycles. The van der Waals surface area contributed by atoms with Gasteiger partial charge >= 0.3 is 6.18 Å². The van der Waals surface area contributed by atoms with Gasteiger partial charge in [-0.1, -0.05) is 12.1 Å². The maximum atomic E-state index is 12.7. The molecule has 1 saturated heterocycles. The van der Waals surface area contributed by atoms with Gasteiger partial charge in [0.05, 0.1) is 29.2 Å². The third-order valence-electron chi connectivity index (χ3n) is 4.96. The molecule has 11 heteroatoms. The average Bonchev–Trinajstić information content (AvgIpc) is 3.01. The van der Waals surface area contributed by atoms with Gasteiger partial charge in [-0.05, 0) is 31.0 Å². The first kappa shape index (κ1) is 21.3. The molecule has 2 aliphatic heterocycles. The number of carbonyl (C=O) groups is 2. The van der Waals surface area contributed by atoms with Crippen LogP contribution >= 0.6 is 0 Å². The molecular formula is C18H20F3N3O4S. The summed E-state index contributed by atoms with van der Waals surface area (Å²) in [7, 11) is -3.22. The van der Waals surface area contributed by atoms with E-state index in [1.165, 1.54) is 12.1 Å². The van der Waals surface area contributed by atoms with Gasteiger partial charge in [-0.15, -0.1) is 0 Å². The standard InChI is InChI=1S/C18H20F3N3O4S/c1-11(12-2-4-13(5-3-12)18(19,20)21)22-17(26)15-6-7-16(25)24(23-15)14-8-9-29(27,28)10-14/h2-5,11,14H,6-10H2,1H3,(H,22,26). The van der Waals surface area contributed by atoms with Gasteiger partial charge in [0.25, 0.3) is 5.91 Å². The molecule has 3 rings (SSSR count). The van der Waals surface area contributed by atoms with Gasteiger partial charge < -0.3 is 5.32 Å². The second-order valence-electron chi connectivity index (χ2n) is 7.16. The maximum absolute atomic E-state index is 12.7. The number of hydrogen-bond donors (Lipinski definition) is 1. The Kier molecular flexibility index (Phi) is 5.70. The summed E-state index contributed by atoms with van der Waals surface area (Å²) in [5.41, 5.74) is -0.206. The predicted molar refractivity (Wildman–Crippen MR) is 98.6 cm³/mol. The van der Waals surface area contributed by atoms with Crippen LogP contribution in [0.2, 0.25) is 0 Å². The molecule has 0 aromatic heterocycles. The third-order valence-corrected chi connectivity index (χ3v) is 6.71. The second kappa shape index (κ2) is 7.77. The maximum Gasteiger partial charge on any atom is 0.416 e. The summed E-state index contributed by atoms with van der Waals surface area (Å²) < 4.78 is 61.3. The van der Waals surface area contributed by atoms with E-state index < -0.39 is 39.6 Å². The van der Waals surface area contributed by atoms with Crippen molar-refractivity contribution in [2.45, 2.75) is 44.4 Å². The van der Waals surface area contributed by atoms with Crippen molar-refractivity contribution < 1.29 is 31.2 Å². The Morgan fingerprint density at radius 1 is 1.24 bits per heavy atom. The lowest BCUT2D eigenvalue weighted by Crippen LogP contribution is -2.44. The van der Waals surface area contributed by atoms with E-state index >= 15 is 0 Å². The van der Waals surface area contributed by atoms with Crippen LogP contribution in [0.4, 0.5) is 13.2 Å². The molecule has 0 radical (unpaired) electrons. The van der Waals surface area contributed by atoms with Gasteiger partial charge in [0.15, 0.2) is 9.84 Å². The van der Waals surface area contributed by atoms with E-state index in [1.54, 1.807) is 6.92 Å². The van der Waals surface area contributed by atoms with Gasteiger partial charge in [0.1, 0.15) is 5.71 Å². The summed E-state index contributed by atoms with van der Waals surface area (Å²) in [5.74, 6) is -1.09. The van der Waals surface area contributed by atoms with Crippen LogP contribution in [-0.4, -0.2) is 48.5 Å². The molecule has 0 spiro atoms. The highest BCUT2D eigenvalue weighted by molar-refractivity contribution is 7.91. The lowest BCUT2D eigenvalue weighted by molar-refractivity contribution is -0.137. The minimum absolute atomic E-state index is 0.0244. The van der Waals surface area contributed by atoms with E-state index in [9.17, 15) is 31.2 Å². The van der Waals surface area contributed by atoms with Gasteiger partial charge in [-0.2, -0.15) is 18.3 Å². The van der Waals surface area contributed by atoms with Crippen molar-refractivity contribution in [2.75, 3.05) is 11.5 Å². The number of alkyl halides is 3. The summed E-state index contributed by atoms with van der Waals surface area (Å²) in [4.78, 5) is 24.6. The molecular weight excluding hydrogens is 411 g/mol. The van der Waals surface area contributed by atoms with Crippen LogP contribution < -0.4 is 5.32 Å². The van der Waals surface area contributed by atoms with Crippen molar-refractivity contribution in [1.82, 2.24) is 10.3 Å². The summed E-state index contributed by atoms with van der Waals surface area (Å²) in [5, 5.41) is 7.83. The highest BCUT2D eigenvalue weighted by Gasteiger charge is 2.37. The van der Waals surface area contributed by atoms with Crippen LogP contribution in [0.5, 0.6) is 0 Å². The van der Waals surface area contributed by atoms with Crippen molar-refractivity contribution >= 4 is 27.4 Å². The molecule has 0 bridgehead atoms. The zero-order valence-corrected chi connectivity index (χ0v) is 16.4. The summed E-state index contributed by atoms with van der Waals surface area (Å²) >= 11 is 0. The first-order chi connectivity index (χ1) is 13.5. The fraction of sp³-hybridized carbons (Fsp3) is 0.500. The zero-order valence-electron chi connectivity index (χ0n) is 15.6. The Hall–Kier alpha value is -2.43. The van der Waals surface area contributed by atoms with Gasteiger partial charge in [-0.25, -0.2) is 13.4 Å². The third kappa shape index (κ3) is 4.95. The molecule has 1 aromatic rings.